The second-order valence-electron chi connectivity index (χ2n) is 5.86. The molecule has 7 nitrogen and oxygen atoms in total. The summed E-state index contributed by atoms with van der Waals surface area (Å²) < 4.78 is 1.60. The fourth-order valence-corrected chi connectivity index (χ4v) is 3.06. The molecule has 0 aliphatic carbocycles. The number of nitrogens with one attached hydrogen (secondary N) is 1. The molecule has 1 aliphatic heterocycles. The van der Waals surface area contributed by atoms with Crippen LogP contribution in [0, 0.1) is 6.92 Å². The molecular formula is C15H19N5O2. The largest absolute Gasteiger partial charge is 0.328 e. The van der Waals surface area contributed by atoms with Crippen molar-refractivity contribution >= 4 is 5.91 Å². The summed E-state index contributed by atoms with van der Waals surface area (Å²) in [6.45, 7) is 4.60. The Bertz CT molecular complexity index is 737. The van der Waals surface area contributed by atoms with E-state index in [9.17, 15) is 9.59 Å². The van der Waals surface area contributed by atoms with Gasteiger partial charge in [-0.1, -0.05) is 0 Å². The Morgan fingerprint density at radius 3 is 3.00 bits per heavy atom. The van der Waals surface area contributed by atoms with E-state index in [1.165, 1.54) is 6.07 Å². The van der Waals surface area contributed by atoms with Crippen LogP contribution in [0.2, 0.25) is 0 Å². The minimum absolute atomic E-state index is 0.0205. The van der Waals surface area contributed by atoms with Crippen molar-refractivity contribution < 1.29 is 4.79 Å². The average molecular weight is 301 g/mol. The number of rotatable bonds is 3. The summed E-state index contributed by atoms with van der Waals surface area (Å²) in [5, 5.41) is 4.07. The van der Waals surface area contributed by atoms with E-state index in [0.29, 0.717) is 18.1 Å². The summed E-state index contributed by atoms with van der Waals surface area (Å²) in [6, 6.07) is 3.24. The van der Waals surface area contributed by atoms with Gasteiger partial charge in [-0.05, 0) is 32.8 Å². The molecule has 0 bridgehead atoms. The van der Waals surface area contributed by atoms with Gasteiger partial charge in [0.2, 0.25) is 5.91 Å². The van der Waals surface area contributed by atoms with E-state index in [-0.39, 0.29) is 18.0 Å². The van der Waals surface area contributed by atoms with Crippen molar-refractivity contribution in [2.24, 2.45) is 0 Å². The first-order chi connectivity index (χ1) is 10.5. The molecule has 0 saturated carbocycles. The second kappa shape index (κ2) is 5.40. The van der Waals surface area contributed by atoms with Crippen LogP contribution >= 0.6 is 0 Å². The van der Waals surface area contributed by atoms with Crippen LogP contribution in [0.4, 0.5) is 0 Å². The van der Waals surface area contributed by atoms with Gasteiger partial charge in [-0.3, -0.25) is 14.3 Å². The van der Waals surface area contributed by atoms with Gasteiger partial charge in [0.1, 0.15) is 12.4 Å². The number of nitrogens with zero attached hydrogens (tertiary/aromatic N) is 4. The SMILES string of the molecule is Cc1cc(=O)[nH]c([C@@]2(C)CCCN2C(=O)Cn2cccn2)n1. The van der Waals surface area contributed by atoms with Gasteiger partial charge in [-0.2, -0.15) is 5.10 Å². The number of amides is 1. The lowest BCUT2D eigenvalue weighted by atomic mass is 9.97. The molecule has 3 rings (SSSR count). The molecule has 1 aliphatic rings. The topological polar surface area (TPSA) is 83.9 Å². The van der Waals surface area contributed by atoms with Crippen LogP contribution in [0.3, 0.4) is 0 Å². The molecule has 1 N–H and O–H groups in total. The third kappa shape index (κ3) is 2.54. The summed E-state index contributed by atoms with van der Waals surface area (Å²) in [6.07, 6.45) is 5.08. The molecule has 1 fully saturated rings. The van der Waals surface area contributed by atoms with Crippen molar-refractivity contribution in [2.45, 2.75) is 38.8 Å². The van der Waals surface area contributed by atoms with Crippen molar-refractivity contribution in [3.8, 4) is 0 Å². The van der Waals surface area contributed by atoms with Gasteiger partial charge in [0.05, 0.1) is 5.54 Å². The summed E-state index contributed by atoms with van der Waals surface area (Å²) in [5.74, 6) is 0.539. The summed E-state index contributed by atoms with van der Waals surface area (Å²) in [5.41, 5.74) is -0.100. The lowest BCUT2D eigenvalue weighted by Crippen LogP contribution is -2.46. The van der Waals surface area contributed by atoms with Gasteiger partial charge >= 0.3 is 0 Å². The number of aryl methyl sites for hydroxylation is 1. The predicted molar refractivity (Wildman–Crippen MR) is 80.1 cm³/mol. The van der Waals surface area contributed by atoms with E-state index in [1.807, 2.05) is 6.92 Å². The zero-order chi connectivity index (χ0) is 15.7. The molecule has 7 heteroatoms. The monoisotopic (exact) mass is 301 g/mol. The second-order valence-corrected chi connectivity index (χ2v) is 5.86. The standard InChI is InChI=1S/C15H19N5O2/c1-11-9-12(21)18-14(17-11)15(2)5-3-8-20(15)13(22)10-19-7-4-6-16-19/h4,6-7,9H,3,5,8,10H2,1-2H3,(H,17,18,21)/t15-/m1/s1. The number of aromatic nitrogens is 4. The van der Waals surface area contributed by atoms with Gasteiger partial charge in [-0.15, -0.1) is 0 Å². The summed E-state index contributed by atoms with van der Waals surface area (Å²) in [4.78, 5) is 33.4. The zero-order valence-electron chi connectivity index (χ0n) is 12.7. The van der Waals surface area contributed by atoms with Gasteiger partial charge < -0.3 is 9.88 Å². The van der Waals surface area contributed by atoms with Crippen LogP contribution < -0.4 is 5.56 Å². The first-order valence-corrected chi connectivity index (χ1v) is 7.35. The number of hydrogen-bond donors (Lipinski definition) is 1. The quantitative estimate of drug-likeness (QED) is 0.909. The number of likely N-dealkylation sites (tertiary alicyclic amines) is 1. The predicted octanol–water partition coefficient (Wildman–Crippen LogP) is 0.813. The normalized spacial score (nSPS) is 21.3. The van der Waals surface area contributed by atoms with Crippen LogP contribution in [0.15, 0.2) is 29.3 Å². The highest BCUT2D eigenvalue weighted by atomic mass is 16.2. The minimum Gasteiger partial charge on any atom is -0.328 e. The first kappa shape index (κ1) is 14.5. The van der Waals surface area contributed by atoms with Gasteiger partial charge in [0, 0.05) is 30.7 Å². The minimum atomic E-state index is -0.574. The van der Waals surface area contributed by atoms with E-state index in [4.69, 9.17) is 0 Å². The highest BCUT2D eigenvalue weighted by Crippen LogP contribution is 2.36. The maximum absolute atomic E-state index is 12.6. The smallest absolute Gasteiger partial charge is 0.251 e. The van der Waals surface area contributed by atoms with Gasteiger partial charge in [0.25, 0.3) is 5.56 Å². The maximum Gasteiger partial charge on any atom is 0.251 e. The molecule has 0 spiro atoms. The van der Waals surface area contributed by atoms with Crippen molar-refractivity contribution in [3.05, 3.63) is 46.4 Å². The summed E-state index contributed by atoms with van der Waals surface area (Å²) in [7, 11) is 0. The molecule has 2 aromatic heterocycles. The Kier molecular flexibility index (Phi) is 3.56. The number of carbonyl (C=O) groups excluding carboxylic acids is 1. The molecule has 0 unspecified atom stereocenters. The Morgan fingerprint density at radius 1 is 1.50 bits per heavy atom. The van der Waals surface area contributed by atoms with Crippen LogP contribution in [-0.4, -0.2) is 37.1 Å². The van der Waals surface area contributed by atoms with Crippen LogP contribution in [0.25, 0.3) is 0 Å². The molecule has 3 heterocycles. The van der Waals surface area contributed by atoms with Crippen molar-refractivity contribution in [1.82, 2.24) is 24.6 Å². The third-order valence-corrected chi connectivity index (χ3v) is 4.18. The Hall–Kier alpha value is -2.44. The van der Waals surface area contributed by atoms with Crippen molar-refractivity contribution in [2.75, 3.05) is 6.54 Å². The fraction of sp³-hybridized carbons (Fsp3) is 0.467. The maximum atomic E-state index is 12.6. The van der Waals surface area contributed by atoms with Gasteiger partial charge in [-0.25, -0.2) is 4.98 Å². The fourth-order valence-electron chi connectivity index (χ4n) is 3.06. The zero-order valence-corrected chi connectivity index (χ0v) is 12.7. The lowest BCUT2D eigenvalue weighted by molar-refractivity contribution is -0.136. The average Bonchev–Trinajstić information content (AvgIpc) is 3.07. The van der Waals surface area contributed by atoms with Gasteiger partial charge in [0.15, 0.2) is 0 Å². The molecule has 0 aromatic carbocycles. The Balaban J connectivity index is 1.90. The Labute approximate surface area is 128 Å². The Morgan fingerprint density at radius 2 is 2.32 bits per heavy atom. The summed E-state index contributed by atoms with van der Waals surface area (Å²) >= 11 is 0. The van der Waals surface area contributed by atoms with Crippen molar-refractivity contribution in [1.29, 1.82) is 0 Å². The van der Waals surface area contributed by atoms with Crippen LogP contribution in [-0.2, 0) is 16.9 Å². The molecule has 1 amide bonds. The number of hydrogen-bond acceptors (Lipinski definition) is 4. The first-order valence-electron chi connectivity index (χ1n) is 7.35. The molecule has 0 radical (unpaired) electrons. The van der Waals surface area contributed by atoms with E-state index in [0.717, 1.165) is 12.8 Å². The highest BCUT2D eigenvalue weighted by molar-refractivity contribution is 5.77. The number of H-pyrrole nitrogens is 1. The molecule has 116 valence electrons. The van der Waals surface area contributed by atoms with Crippen LogP contribution in [0.1, 0.15) is 31.3 Å². The van der Waals surface area contributed by atoms with Crippen molar-refractivity contribution in [3.63, 3.8) is 0 Å². The van der Waals surface area contributed by atoms with E-state index >= 15 is 0 Å². The molecule has 1 saturated heterocycles. The molecular weight excluding hydrogens is 282 g/mol. The molecule has 1 atom stereocenters. The van der Waals surface area contributed by atoms with Crippen LogP contribution in [0.5, 0.6) is 0 Å². The van der Waals surface area contributed by atoms with E-state index < -0.39 is 5.54 Å². The lowest BCUT2D eigenvalue weighted by Gasteiger charge is -2.34. The van der Waals surface area contributed by atoms with E-state index in [2.05, 4.69) is 15.1 Å². The van der Waals surface area contributed by atoms with E-state index in [1.54, 1.807) is 35.0 Å². The number of aromatic amines is 1. The molecule has 2 aromatic rings. The third-order valence-electron chi connectivity index (χ3n) is 4.18. The highest BCUT2D eigenvalue weighted by Gasteiger charge is 2.43. The number of carbonyl (C=O) groups is 1. The molecule has 22 heavy (non-hydrogen) atoms.